The standard InChI is InChI=1S/C17H26BrN3O3S/c1-3-24-13-14-8-10-21(12-14)17(19-2)20-9-11-25(22,23)16-6-4-15(18)5-7-16/h4-7,14H,3,8-13H2,1-2H3,(H,19,20). The number of ether oxygens (including phenoxy) is 1. The van der Waals surface area contributed by atoms with E-state index in [4.69, 9.17) is 4.74 Å². The van der Waals surface area contributed by atoms with E-state index in [-0.39, 0.29) is 5.75 Å². The van der Waals surface area contributed by atoms with Crippen molar-refractivity contribution in [3.8, 4) is 0 Å². The van der Waals surface area contributed by atoms with Crippen molar-refractivity contribution < 1.29 is 13.2 Å². The minimum Gasteiger partial charge on any atom is -0.381 e. The van der Waals surface area contributed by atoms with Gasteiger partial charge in [-0.05, 0) is 37.6 Å². The second-order valence-corrected chi connectivity index (χ2v) is 9.03. The number of benzene rings is 1. The number of hydrogen-bond acceptors (Lipinski definition) is 4. The predicted octanol–water partition coefficient (Wildman–Crippen LogP) is 2.16. The van der Waals surface area contributed by atoms with E-state index < -0.39 is 9.84 Å². The summed E-state index contributed by atoms with van der Waals surface area (Å²) >= 11 is 3.31. The lowest BCUT2D eigenvalue weighted by Gasteiger charge is -2.21. The van der Waals surface area contributed by atoms with Crippen LogP contribution in [-0.2, 0) is 14.6 Å². The van der Waals surface area contributed by atoms with Crippen LogP contribution in [0.2, 0.25) is 0 Å². The first-order valence-electron chi connectivity index (χ1n) is 8.48. The first kappa shape index (κ1) is 20.2. The molecule has 1 saturated heterocycles. The maximum Gasteiger partial charge on any atom is 0.193 e. The average molecular weight is 432 g/mol. The molecule has 0 spiro atoms. The Kier molecular flexibility index (Phi) is 7.71. The molecule has 25 heavy (non-hydrogen) atoms. The molecule has 8 heteroatoms. The van der Waals surface area contributed by atoms with Crippen LogP contribution in [0, 0.1) is 5.92 Å². The summed E-state index contributed by atoms with van der Waals surface area (Å²) < 4.78 is 31.1. The molecule has 1 aromatic carbocycles. The smallest absolute Gasteiger partial charge is 0.193 e. The normalized spacial score (nSPS) is 18.6. The van der Waals surface area contributed by atoms with E-state index in [0.29, 0.717) is 17.4 Å². The van der Waals surface area contributed by atoms with Gasteiger partial charge in [-0.3, -0.25) is 4.99 Å². The van der Waals surface area contributed by atoms with E-state index in [1.54, 1.807) is 31.3 Å². The van der Waals surface area contributed by atoms with Gasteiger partial charge < -0.3 is 15.0 Å². The van der Waals surface area contributed by atoms with Gasteiger partial charge >= 0.3 is 0 Å². The molecule has 0 bridgehead atoms. The Hall–Kier alpha value is -1.12. The van der Waals surface area contributed by atoms with Crippen LogP contribution in [0.1, 0.15) is 13.3 Å². The summed E-state index contributed by atoms with van der Waals surface area (Å²) in [6.45, 7) is 5.63. The number of sulfone groups is 1. The molecule has 1 fully saturated rings. The fourth-order valence-electron chi connectivity index (χ4n) is 2.83. The highest BCUT2D eigenvalue weighted by Gasteiger charge is 2.25. The Morgan fingerprint density at radius 1 is 1.40 bits per heavy atom. The zero-order valence-corrected chi connectivity index (χ0v) is 17.1. The Balaban J connectivity index is 1.84. The van der Waals surface area contributed by atoms with E-state index in [9.17, 15) is 8.42 Å². The van der Waals surface area contributed by atoms with Crippen molar-refractivity contribution in [1.82, 2.24) is 10.2 Å². The minimum absolute atomic E-state index is 0.0316. The van der Waals surface area contributed by atoms with Crippen LogP contribution in [0.5, 0.6) is 0 Å². The van der Waals surface area contributed by atoms with Gasteiger partial charge in [0.1, 0.15) is 0 Å². The molecule has 140 valence electrons. The van der Waals surface area contributed by atoms with Crippen LogP contribution in [0.4, 0.5) is 0 Å². The number of hydrogen-bond donors (Lipinski definition) is 1. The summed E-state index contributed by atoms with van der Waals surface area (Å²) in [5.74, 6) is 1.29. The molecule has 0 amide bonds. The van der Waals surface area contributed by atoms with Gasteiger partial charge in [0.15, 0.2) is 15.8 Å². The number of rotatable bonds is 7. The minimum atomic E-state index is -3.30. The maximum atomic E-state index is 12.4. The highest BCUT2D eigenvalue weighted by molar-refractivity contribution is 9.10. The van der Waals surface area contributed by atoms with Gasteiger partial charge in [0.2, 0.25) is 0 Å². The molecular formula is C17H26BrN3O3S. The van der Waals surface area contributed by atoms with E-state index in [1.807, 2.05) is 6.92 Å². The van der Waals surface area contributed by atoms with E-state index in [1.165, 1.54) is 0 Å². The van der Waals surface area contributed by atoms with Crippen molar-refractivity contribution in [3.05, 3.63) is 28.7 Å². The lowest BCUT2D eigenvalue weighted by Crippen LogP contribution is -2.42. The van der Waals surface area contributed by atoms with Crippen LogP contribution in [-0.4, -0.2) is 64.9 Å². The molecule has 1 aliphatic rings. The Morgan fingerprint density at radius 3 is 2.76 bits per heavy atom. The Labute approximate surface area is 158 Å². The Morgan fingerprint density at radius 2 is 2.12 bits per heavy atom. The molecule has 1 aliphatic heterocycles. The molecule has 1 heterocycles. The van der Waals surface area contributed by atoms with E-state index in [0.717, 1.165) is 43.2 Å². The molecule has 0 aromatic heterocycles. The summed E-state index contributed by atoms with van der Waals surface area (Å²) in [7, 11) is -1.58. The number of halogens is 1. The van der Waals surface area contributed by atoms with Gasteiger partial charge in [-0.2, -0.15) is 0 Å². The Bertz CT molecular complexity index is 677. The zero-order chi connectivity index (χ0) is 18.3. The molecule has 6 nitrogen and oxygen atoms in total. The van der Waals surface area contributed by atoms with Crippen molar-refractivity contribution >= 4 is 31.7 Å². The molecule has 2 rings (SSSR count). The lowest BCUT2D eigenvalue weighted by molar-refractivity contribution is 0.114. The maximum absolute atomic E-state index is 12.4. The lowest BCUT2D eigenvalue weighted by atomic mass is 10.1. The fourth-order valence-corrected chi connectivity index (χ4v) is 4.26. The molecule has 1 N–H and O–H groups in total. The first-order valence-corrected chi connectivity index (χ1v) is 10.9. The van der Waals surface area contributed by atoms with Crippen LogP contribution in [0.3, 0.4) is 0 Å². The number of guanidine groups is 1. The van der Waals surface area contributed by atoms with Gasteiger partial charge in [-0.25, -0.2) is 8.42 Å². The summed E-state index contributed by atoms with van der Waals surface area (Å²) in [4.78, 5) is 6.78. The monoisotopic (exact) mass is 431 g/mol. The third kappa shape index (κ3) is 5.97. The van der Waals surface area contributed by atoms with Gasteiger partial charge in [-0.1, -0.05) is 15.9 Å². The molecule has 0 aliphatic carbocycles. The van der Waals surface area contributed by atoms with Gasteiger partial charge in [0.25, 0.3) is 0 Å². The molecular weight excluding hydrogens is 406 g/mol. The molecule has 0 radical (unpaired) electrons. The van der Waals surface area contributed by atoms with Crippen molar-refractivity contribution in [3.63, 3.8) is 0 Å². The third-order valence-electron chi connectivity index (χ3n) is 4.18. The number of nitrogens with zero attached hydrogens (tertiary/aromatic N) is 2. The SMILES string of the molecule is CCOCC1CCN(C(=NC)NCCS(=O)(=O)c2ccc(Br)cc2)C1. The van der Waals surface area contributed by atoms with E-state index in [2.05, 4.69) is 31.1 Å². The highest BCUT2D eigenvalue weighted by atomic mass is 79.9. The second-order valence-electron chi connectivity index (χ2n) is 6.01. The summed E-state index contributed by atoms with van der Waals surface area (Å²) in [6, 6.07) is 6.71. The molecule has 1 unspecified atom stereocenters. The van der Waals surface area contributed by atoms with Crippen molar-refractivity contribution in [1.29, 1.82) is 0 Å². The van der Waals surface area contributed by atoms with Gasteiger partial charge in [0.05, 0.1) is 17.3 Å². The molecule has 0 saturated carbocycles. The highest BCUT2D eigenvalue weighted by Crippen LogP contribution is 2.17. The average Bonchev–Trinajstić information content (AvgIpc) is 3.06. The largest absolute Gasteiger partial charge is 0.381 e. The first-order chi connectivity index (χ1) is 12.0. The van der Waals surface area contributed by atoms with Crippen molar-refractivity contribution in [2.24, 2.45) is 10.9 Å². The zero-order valence-electron chi connectivity index (χ0n) is 14.7. The molecule has 1 aromatic rings. The summed E-state index contributed by atoms with van der Waals surface area (Å²) in [5, 5.41) is 3.17. The summed E-state index contributed by atoms with van der Waals surface area (Å²) in [6.07, 6.45) is 1.07. The van der Waals surface area contributed by atoms with Gasteiger partial charge in [0, 0.05) is 43.7 Å². The van der Waals surface area contributed by atoms with Crippen LogP contribution >= 0.6 is 15.9 Å². The second kappa shape index (κ2) is 9.54. The fraction of sp³-hybridized carbons (Fsp3) is 0.588. The topological polar surface area (TPSA) is 71.0 Å². The summed E-state index contributed by atoms with van der Waals surface area (Å²) in [5.41, 5.74) is 0. The van der Waals surface area contributed by atoms with Gasteiger partial charge in [-0.15, -0.1) is 0 Å². The predicted molar refractivity (Wildman–Crippen MR) is 104 cm³/mol. The number of likely N-dealkylation sites (tertiary alicyclic amines) is 1. The van der Waals surface area contributed by atoms with Crippen LogP contribution in [0.15, 0.2) is 38.6 Å². The third-order valence-corrected chi connectivity index (χ3v) is 6.44. The van der Waals surface area contributed by atoms with E-state index >= 15 is 0 Å². The number of aliphatic imine (C=N–C) groups is 1. The van der Waals surface area contributed by atoms with Crippen molar-refractivity contribution in [2.75, 3.05) is 45.6 Å². The van der Waals surface area contributed by atoms with Crippen LogP contribution < -0.4 is 5.32 Å². The van der Waals surface area contributed by atoms with Crippen molar-refractivity contribution in [2.45, 2.75) is 18.2 Å². The molecule has 1 atom stereocenters. The number of nitrogens with one attached hydrogen (secondary N) is 1. The van der Waals surface area contributed by atoms with Crippen LogP contribution in [0.25, 0.3) is 0 Å². The quantitative estimate of drug-likeness (QED) is 0.528.